The molecule has 3 N–H and O–H groups in total. The molecule has 1 fully saturated rings. The lowest BCUT2D eigenvalue weighted by Gasteiger charge is -2.22. The Kier molecular flexibility index (Phi) is 6.72. The van der Waals surface area contributed by atoms with Gasteiger partial charge in [0, 0.05) is 6.54 Å². The lowest BCUT2D eigenvalue weighted by atomic mass is 9.90. The van der Waals surface area contributed by atoms with Crippen LogP contribution in [0.4, 0.5) is 0 Å². The van der Waals surface area contributed by atoms with E-state index in [0.29, 0.717) is 24.7 Å². The highest BCUT2D eigenvalue weighted by Gasteiger charge is 2.14. The molecule has 0 unspecified atom stereocenters. The van der Waals surface area contributed by atoms with E-state index in [4.69, 9.17) is 10.5 Å². The quantitative estimate of drug-likeness (QED) is 0.599. The maximum absolute atomic E-state index is 10.2. The fraction of sp³-hybridized carbons (Fsp3) is 0.611. The summed E-state index contributed by atoms with van der Waals surface area (Å²) in [4.78, 5) is 4.11. The molecular weight excluding hydrogens is 276 g/mol. The zero-order valence-electron chi connectivity index (χ0n) is 13.5. The zero-order chi connectivity index (χ0) is 15.8. The molecule has 0 radical (unpaired) electrons. The molecule has 0 saturated heterocycles. The minimum atomic E-state index is -0.527. The second-order valence-electron chi connectivity index (χ2n) is 6.22. The predicted molar refractivity (Wildman–Crippen MR) is 90.3 cm³/mol. The van der Waals surface area contributed by atoms with Crippen LogP contribution in [0.1, 0.15) is 57.1 Å². The van der Waals surface area contributed by atoms with E-state index in [0.717, 1.165) is 17.9 Å². The molecule has 4 nitrogen and oxygen atoms in total. The minimum absolute atomic E-state index is 0.527. The molecule has 1 atom stereocenters. The Labute approximate surface area is 133 Å². The van der Waals surface area contributed by atoms with Crippen molar-refractivity contribution in [2.75, 3.05) is 13.2 Å². The standard InChI is InChI=1S/C18H28N2O2/c1-14(19)20-11-10-18(21)16-8-5-9-17(12-16)22-13-15-6-3-2-4-7-15/h5,8-9,12,15,18,21H,2-4,6-7,10-11,13H2,1H3,(H2,19,20)/t18-/m1/s1. The molecule has 0 aliphatic heterocycles. The lowest BCUT2D eigenvalue weighted by Crippen LogP contribution is -2.15. The maximum Gasteiger partial charge on any atom is 0.119 e. The molecule has 4 heteroatoms. The lowest BCUT2D eigenvalue weighted by molar-refractivity contribution is 0.169. The minimum Gasteiger partial charge on any atom is -0.493 e. The highest BCUT2D eigenvalue weighted by atomic mass is 16.5. The summed E-state index contributed by atoms with van der Waals surface area (Å²) in [6, 6.07) is 7.76. The van der Waals surface area contributed by atoms with Crippen molar-refractivity contribution in [1.29, 1.82) is 0 Å². The molecule has 1 aliphatic rings. The number of nitrogens with zero attached hydrogens (tertiary/aromatic N) is 1. The first-order valence-corrected chi connectivity index (χ1v) is 8.32. The Bertz CT molecular complexity index is 478. The normalized spacial score (nSPS) is 18.2. The van der Waals surface area contributed by atoms with Crippen LogP contribution in [-0.4, -0.2) is 24.1 Å². The molecule has 1 saturated carbocycles. The van der Waals surface area contributed by atoms with Gasteiger partial charge in [0.05, 0.1) is 18.5 Å². The third kappa shape index (κ3) is 5.68. The molecule has 0 spiro atoms. The molecule has 122 valence electrons. The molecule has 0 aromatic heterocycles. The van der Waals surface area contributed by atoms with Crippen molar-refractivity contribution in [2.45, 2.75) is 51.6 Å². The molecule has 0 heterocycles. The highest BCUT2D eigenvalue weighted by molar-refractivity contribution is 5.77. The number of rotatable bonds is 7. The number of ether oxygens (including phenoxy) is 1. The van der Waals surface area contributed by atoms with Crippen LogP contribution < -0.4 is 10.5 Å². The number of hydrogen-bond acceptors (Lipinski definition) is 3. The summed E-state index contributed by atoms with van der Waals surface area (Å²) >= 11 is 0. The second-order valence-corrected chi connectivity index (χ2v) is 6.22. The largest absolute Gasteiger partial charge is 0.493 e. The maximum atomic E-state index is 10.2. The molecule has 2 rings (SSSR count). The Hall–Kier alpha value is -1.55. The van der Waals surface area contributed by atoms with Gasteiger partial charge in [-0.1, -0.05) is 31.4 Å². The van der Waals surface area contributed by atoms with E-state index in [1.165, 1.54) is 32.1 Å². The van der Waals surface area contributed by atoms with Crippen molar-refractivity contribution in [3.05, 3.63) is 29.8 Å². The van der Waals surface area contributed by atoms with Crippen LogP contribution in [0.15, 0.2) is 29.3 Å². The summed E-state index contributed by atoms with van der Waals surface area (Å²) in [5.41, 5.74) is 6.38. The van der Waals surface area contributed by atoms with Gasteiger partial charge < -0.3 is 15.6 Å². The molecule has 1 aromatic carbocycles. The summed E-state index contributed by atoms with van der Waals surface area (Å²) in [7, 11) is 0. The number of aliphatic hydroxyl groups excluding tert-OH is 1. The average molecular weight is 304 g/mol. The van der Waals surface area contributed by atoms with Gasteiger partial charge in [0.15, 0.2) is 0 Å². The van der Waals surface area contributed by atoms with Crippen LogP contribution in [0.3, 0.4) is 0 Å². The highest BCUT2D eigenvalue weighted by Crippen LogP contribution is 2.26. The van der Waals surface area contributed by atoms with Crippen molar-refractivity contribution < 1.29 is 9.84 Å². The number of hydrogen-bond donors (Lipinski definition) is 2. The van der Waals surface area contributed by atoms with E-state index in [9.17, 15) is 5.11 Å². The summed E-state index contributed by atoms with van der Waals surface area (Å²) in [6.45, 7) is 3.08. The van der Waals surface area contributed by atoms with Crippen LogP contribution in [0.25, 0.3) is 0 Å². The average Bonchev–Trinajstić information content (AvgIpc) is 2.54. The molecular formula is C18H28N2O2. The third-order valence-corrected chi connectivity index (χ3v) is 4.22. The van der Waals surface area contributed by atoms with Gasteiger partial charge in [-0.3, -0.25) is 4.99 Å². The number of amidine groups is 1. The Morgan fingerprint density at radius 1 is 1.36 bits per heavy atom. The van der Waals surface area contributed by atoms with E-state index in [2.05, 4.69) is 4.99 Å². The third-order valence-electron chi connectivity index (χ3n) is 4.22. The first-order chi connectivity index (χ1) is 10.6. The van der Waals surface area contributed by atoms with Crippen molar-refractivity contribution >= 4 is 5.84 Å². The molecule has 1 aromatic rings. The van der Waals surface area contributed by atoms with E-state index in [-0.39, 0.29) is 0 Å². The Morgan fingerprint density at radius 2 is 2.14 bits per heavy atom. The van der Waals surface area contributed by atoms with Gasteiger partial charge in [0.1, 0.15) is 5.75 Å². The Morgan fingerprint density at radius 3 is 2.86 bits per heavy atom. The van der Waals surface area contributed by atoms with Crippen LogP contribution >= 0.6 is 0 Å². The first kappa shape index (κ1) is 16.8. The number of nitrogens with two attached hydrogens (primary N) is 1. The molecule has 22 heavy (non-hydrogen) atoms. The topological polar surface area (TPSA) is 67.8 Å². The van der Waals surface area contributed by atoms with Crippen molar-refractivity contribution in [3.63, 3.8) is 0 Å². The van der Waals surface area contributed by atoms with Crippen LogP contribution in [0, 0.1) is 5.92 Å². The van der Waals surface area contributed by atoms with Crippen molar-refractivity contribution in [2.24, 2.45) is 16.6 Å². The van der Waals surface area contributed by atoms with Crippen LogP contribution in [-0.2, 0) is 0 Å². The SMILES string of the molecule is CC(N)=NCC[C@@H](O)c1cccc(OCC2CCCCC2)c1. The summed E-state index contributed by atoms with van der Waals surface area (Å²) in [6.07, 6.45) is 6.62. The smallest absolute Gasteiger partial charge is 0.119 e. The van der Waals surface area contributed by atoms with E-state index < -0.39 is 6.10 Å². The summed E-state index contributed by atoms with van der Waals surface area (Å²) in [5, 5.41) is 10.2. The van der Waals surface area contributed by atoms with Gasteiger partial charge in [0.25, 0.3) is 0 Å². The van der Waals surface area contributed by atoms with Crippen molar-refractivity contribution in [3.8, 4) is 5.75 Å². The van der Waals surface area contributed by atoms with Crippen molar-refractivity contribution in [1.82, 2.24) is 0 Å². The van der Waals surface area contributed by atoms with Crippen LogP contribution in [0.2, 0.25) is 0 Å². The van der Waals surface area contributed by atoms with Gasteiger partial charge >= 0.3 is 0 Å². The van der Waals surface area contributed by atoms with Gasteiger partial charge in [-0.05, 0) is 49.8 Å². The second kappa shape index (κ2) is 8.79. The Balaban J connectivity index is 1.84. The summed E-state index contributed by atoms with van der Waals surface area (Å²) < 4.78 is 5.92. The first-order valence-electron chi connectivity index (χ1n) is 8.32. The van der Waals surface area contributed by atoms with Gasteiger partial charge in [-0.15, -0.1) is 0 Å². The number of aliphatic imine (C=N–C) groups is 1. The van der Waals surface area contributed by atoms with Gasteiger partial charge in [-0.2, -0.15) is 0 Å². The number of aliphatic hydroxyl groups is 1. The van der Waals surface area contributed by atoms with Crippen LogP contribution in [0.5, 0.6) is 5.75 Å². The van der Waals surface area contributed by atoms with E-state index >= 15 is 0 Å². The van der Waals surface area contributed by atoms with E-state index in [1.807, 2.05) is 24.3 Å². The van der Waals surface area contributed by atoms with Gasteiger partial charge in [0.2, 0.25) is 0 Å². The number of benzene rings is 1. The summed E-state index contributed by atoms with van der Waals surface area (Å²) in [5.74, 6) is 2.08. The monoisotopic (exact) mass is 304 g/mol. The molecule has 1 aliphatic carbocycles. The zero-order valence-corrected chi connectivity index (χ0v) is 13.5. The van der Waals surface area contributed by atoms with Gasteiger partial charge in [-0.25, -0.2) is 0 Å². The van der Waals surface area contributed by atoms with E-state index in [1.54, 1.807) is 6.92 Å². The molecule has 0 bridgehead atoms. The fourth-order valence-electron chi connectivity index (χ4n) is 2.91. The fourth-order valence-corrected chi connectivity index (χ4v) is 2.91. The molecule has 0 amide bonds. The predicted octanol–water partition coefficient (Wildman–Crippen LogP) is 3.45.